The second kappa shape index (κ2) is 2.29. The fourth-order valence-electron chi connectivity index (χ4n) is 0.811. The van der Waals surface area contributed by atoms with E-state index in [0.717, 1.165) is 0 Å². The second-order valence-corrected chi connectivity index (χ2v) is 2.34. The molecular weight excluding hydrogens is 131 g/mol. The van der Waals surface area contributed by atoms with E-state index in [1.54, 1.807) is 19.9 Å². The highest BCUT2D eigenvalue weighted by Crippen LogP contribution is 2.22. The highest BCUT2D eigenvalue weighted by atomic mass is 19.1. The molecule has 1 aromatic rings. The molecule has 0 atom stereocenters. The zero-order valence-corrected chi connectivity index (χ0v) is 5.98. The first kappa shape index (κ1) is 7.06. The van der Waals surface area contributed by atoms with Gasteiger partial charge in [0.25, 0.3) is 0 Å². The Labute approximate surface area is 59.1 Å². The van der Waals surface area contributed by atoms with Gasteiger partial charge in [0.1, 0.15) is 11.6 Å². The lowest BCUT2D eigenvalue weighted by atomic mass is 10.1. The SMILES string of the molecule is Cc1ccc(F)c(C)c1O. The molecule has 10 heavy (non-hydrogen) atoms. The molecule has 0 aliphatic carbocycles. The van der Waals surface area contributed by atoms with Gasteiger partial charge < -0.3 is 5.11 Å². The predicted molar refractivity (Wildman–Crippen MR) is 37.5 cm³/mol. The van der Waals surface area contributed by atoms with Crippen LogP contribution >= 0.6 is 0 Å². The van der Waals surface area contributed by atoms with Crippen LogP contribution in [-0.2, 0) is 0 Å². The molecule has 1 N–H and O–H groups in total. The van der Waals surface area contributed by atoms with Crippen molar-refractivity contribution in [3.8, 4) is 5.75 Å². The fraction of sp³-hybridized carbons (Fsp3) is 0.250. The lowest BCUT2D eigenvalue weighted by molar-refractivity contribution is 0.459. The third-order valence-corrected chi connectivity index (χ3v) is 1.57. The maximum atomic E-state index is 12.6. The molecule has 0 bridgehead atoms. The van der Waals surface area contributed by atoms with Gasteiger partial charge >= 0.3 is 0 Å². The summed E-state index contributed by atoms with van der Waals surface area (Å²) in [6.45, 7) is 3.29. The molecule has 0 aromatic heterocycles. The smallest absolute Gasteiger partial charge is 0.129 e. The first-order valence-electron chi connectivity index (χ1n) is 3.07. The largest absolute Gasteiger partial charge is 0.507 e. The summed E-state index contributed by atoms with van der Waals surface area (Å²) < 4.78 is 12.6. The van der Waals surface area contributed by atoms with Crippen LogP contribution in [-0.4, -0.2) is 5.11 Å². The van der Waals surface area contributed by atoms with Crippen molar-refractivity contribution in [3.05, 3.63) is 29.1 Å². The van der Waals surface area contributed by atoms with Crippen molar-refractivity contribution in [3.63, 3.8) is 0 Å². The minimum absolute atomic E-state index is 0.0556. The molecule has 0 unspecified atom stereocenters. The highest BCUT2D eigenvalue weighted by Gasteiger charge is 2.03. The Balaban J connectivity index is 3.34. The molecule has 0 spiro atoms. The van der Waals surface area contributed by atoms with Gasteiger partial charge in [0, 0.05) is 5.56 Å². The van der Waals surface area contributed by atoms with Gasteiger partial charge in [0.05, 0.1) is 0 Å². The number of hydrogen-bond donors (Lipinski definition) is 1. The van der Waals surface area contributed by atoms with E-state index < -0.39 is 0 Å². The van der Waals surface area contributed by atoms with Crippen LogP contribution in [0.4, 0.5) is 4.39 Å². The third-order valence-electron chi connectivity index (χ3n) is 1.57. The molecule has 0 radical (unpaired) electrons. The number of aryl methyl sites for hydroxylation is 1. The summed E-state index contributed by atoms with van der Waals surface area (Å²) in [6.07, 6.45) is 0. The average Bonchev–Trinajstić information content (AvgIpc) is 1.93. The molecule has 1 rings (SSSR count). The van der Waals surface area contributed by atoms with E-state index in [2.05, 4.69) is 0 Å². The topological polar surface area (TPSA) is 20.2 Å². The quantitative estimate of drug-likeness (QED) is 0.585. The summed E-state index contributed by atoms with van der Waals surface area (Å²) in [5.74, 6) is -0.303. The van der Waals surface area contributed by atoms with Crippen LogP contribution in [0.2, 0.25) is 0 Å². The second-order valence-electron chi connectivity index (χ2n) is 2.34. The van der Waals surface area contributed by atoms with Crippen LogP contribution in [0.1, 0.15) is 11.1 Å². The molecule has 0 saturated heterocycles. The average molecular weight is 140 g/mol. The number of aromatic hydroxyl groups is 1. The van der Waals surface area contributed by atoms with Crippen molar-refractivity contribution < 1.29 is 9.50 Å². The number of hydrogen-bond acceptors (Lipinski definition) is 1. The van der Waals surface area contributed by atoms with Gasteiger partial charge in [-0.1, -0.05) is 6.07 Å². The third kappa shape index (κ3) is 0.967. The predicted octanol–water partition coefficient (Wildman–Crippen LogP) is 2.15. The van der Waals surface area contributed by atoms with Crippen LogP contribution in [0, 0.1) is 19.7 Å². The van der Waals surface area contributed by atoms with Crippen molar-refractivity contribution in [2.45, 2.75) is 13.8 Å². The molecule has 54 valence electrons. The van der Waals surface area contributed by atoms with Gasteiger partial charge in [-0.3, -0.25) is 0 Å². The highest BCUT2D eigenvalue weighted by molar-refractivity contribution is 5.39. The van der Waals surface area contributed by atoms with E-state index in [9.17, 15) is 4.39 Å². The van der Waals surface area contributed by atoms with E-state index >= 15 is 0 Å². The molecule has 0 saturated carbocycles. The number of rotatable bonds is 0. The maximum absolute atomic E-state index is 12.6. The summed E-state index contributed by atoms with van der Waals surface area (Å²) >= 11 is 0. The van der Waals surface area contributed by atoms with E-state index in [-0.39, 0.29) is 11.6 Å². The van der Waals surface area contributed by atoms with Crippen molar-refractivity contribution in [2.75, 3.05) is 0 Å². The zero-order valence-electron chi connectivity index (χ0n) is 5.98. The lowest BCUT2D eigenvalue weighted by Crippen LogP contribution is -1.84. The number of benzene rings is 1. The standard InChI is InChI=1S/C8H9FO/c1-5-3-4-7(9)6(2)8(5)10/h3-4,10H,1-2H3. The Bertz CT molecular complexity index is 229. The van der Waals surface area contributed by atoms with Gasteiger partial charge in [-0.2, -0.15) is 0 Å². The Morgan fingerprint density at radius 1 is 1.30 bits per heavy atom. The summed E-state index contributed by atoms with van der Waals surface area (Å²) in [7, 11) is 0. The van der Waals surface area contributed by atoms with Crippen LogP contribution < -0.4 is 0 Å². The van der Waals surface area contributed by atoms with Crippen molar-refractivity contribution in [1.29, 1.82) is 0 Å². The summed E-state index contributed by atoms with van der Waals surface area (Å²) in [4.78, 5) is 0. The molecular formula is C8H9FO. The van der Waals surface area contributed by atoms with E-state index in [1.165, 1.54) is 6.07 Å². The zero-order chi connectivity index (χ0) is 7.72. The summed E-state index contributed by atoms with van der Waals surface area (Å²) in [6, 6.07) is 2.90. The fourth-order valence-corrected chi connectivity index (χ4v) is 0.811. The minimum atomic E-state index is -0.358. The molecule has 1 aromatic carbocycles. The van der Waals surface area contributed by atoms with Crippen molar-refractivity contribution >= 4 is 0 Å². The molecule has 0 aliphatic rings. The normalized spacial score (nSPS) is 9.90. The van der Waals surface area contributed by atoms with E-state index in [0.29, 0.717) is 11.1 Å². The van der Waals surface area contributed by atoms with Gasteiger partial charge in [-0.05, 0) is 25.5 Å². The van der Waals surface area contributed by atoms with Gasteiger partial charge in [-0.25, -0.2) is 4.39 Å². The van der Waals surface area contributed by atoms with Crippen LogP contribution in [0.25, 0.3) is 0 Å². The maximum Gasteiger partial charge on any atom is 0.129 e. The van der Waals surface area contributed by atoms with Gasteiger partial charge in [0.2, 0.25) is 0 Å². The first-order valence-corrected chi connectivity index (χ1v) is 3.07. The van der Waals surface area contributed by atoms with Gasteiger partial charge in [0.15, 0.2) is 0 Å². The summed E-state index contributed by atoms with van der Waals surface area (Å²) in [5, 5.41) is 9.15. The Morgan fingerprint density at radius 2 is 1.90 bits per heavy atom. The van der Waals surface area contributed by atoms with Crippen molar-refractivity contribution in [1.82, 2.24) is 0 Å². The van der Waals surface area contributed by atoms with Crippen LogP contribution in [0.3, 0.4) is 0 Å². The Kier molecular flexibility index (Phi) is 1.62. The molecule has 0 fully saturated rings. The van der Waals surface area contributed by atoms with Crippen LogP contribution in [0.15, 0.2) is 12.1 Å². The minimum Gasteiger partial charge on any atom is -0.507 e. The first-order chi connectivity index (χ1) is 4.63. The monoisotopic (exact) mass is 140 g/mol. The van der Waals surface area contributed by atoms with E-state index in [4.69, 9.17) is 5.11 Å². The number of phenols is 1. The molecule has 2 heteroatoms. The Morgan fingerprint density at radius 3 is 2.40 bits per heavy atom. The molecule has 1 nitrogen and oxygen atoms in total. The summed E-state index contributed by atoms with van der Waals surface area (Å²) in [5.41, 5.74) is 1.03. The van der Waals surface area contributed by atoms with Crippen LogP contribution in [0.5, 0.6) is 5.75 Å². The van der Waals surface area contributed by atoms with E-state index in [1.807, 2.05) is 0 Å². The molecule has 0 aliphatic heterocycles. The van der Waals surface area contributed by atoms with Gasteiger partial charge in [-0.15, -0.1) is 0 Å². The lowest BCUT2D eigenvalue weighted by Gasteiger charge is -2.01. The van der Waals surface area contributed by atoms with Crippen molar-refractivity contribution in [2.24, 2.45) is 0 Å². The molecule has 0 amide bonds. The molecule has 0 heterocycles. The number of phenolic OH excluding ortho intramolecular Hbond substituents is 1. The number of halogens is 1. The Hall–Kier alpha value is -1.05.